The lowest BCUT2D eigenvalue weighted by Gasteiger charge is -2.22. The minimum Gasteiger partial charge on any atom is -0.478 e. The smallest absolute Gasteiger partial charge is 0.335 e. The Labute approximate surface area is 151 Å². The highest BCUT2D eigenvalue weighted by Crippen LogP contribution is 2.37. The molecule has 1 fully saturated rings. The quantitative estimate of drug-likeness (QED) is 0.706. The van der Waals surface area contributed by atoms with Crippen LogP contribution in [0.5, 0.6) is 0 Å². The summed E-state index contributed by atoms with van der Waals surface area (Å²) >= 11 is 6.33. The minimum atomic E-state index is -0.856. The number of hydrogen-bond donors (Lipinski definition) is 1. The lowest BCUT2D eigenvalue weighted by molar-refractivity contribution is 0.0695. The van der Waals surface area contributed by atoms with Crippen LogP contribution in [0, 0.1) is 0 Å². The van der Waals surface area contributed by atoms with Gasteiger partial charge in [0.2, 0.25) is 0 Å². The van der Waals surface area contributed by atoms with E-state index >= 15 is 0 Å². The first-order chi connectivity index (χ1) is 12.1. The van der Waals surface area contributed by atoms with Crippen LogP contribution in [0.15, 0.2) is 60.7 Å². The number of carboxylic acid groups (broad SMARTS) is 1. The Hall–Kier alpha value is -2.52. The van der Waals surface area contributed by atoms with Crippen LogP contribution in [0.1, 0.15) is 28.3 Å². The van der Waals surface area contributed by atoms with Crippen LogP contribution >= 0.6 is 11.6 Å². The molecule has 4 heteroatoms. The molecule has 0 radical (unpaired) electrons. The molecule has 1 atom stereocenters. The summed E-state index contributed by atoms with van der Waals surface area (Å²) in [7, 11) is 0. The molecule has 126 valence electrons. The lowest BCUT2D eigenvalue weighted by Crippen LogP contribution is -2.20. The summed E-state index contributed by atoms with van der Waals surface area (Å²) in [5.41, 5.74) is 2.50. The predicted molar refractivity (Wildman–Crippen MR) is 102 cm³/mol. The fraction of sp³-hybridized carbons (Fsp3) is 0.190. The van der Waals surface area contributed by atoms with Crippen molar-refractivity contribution in [3.05, 3.63) is 76.8 Å². The van der Waals surface area contributed by atoms with Gasteiger partial charge >= 0.3 is 5.97 Å². The third-order valence-electron chi connectivity index (χ3n) is 5.01. The Morgan fingerprint density at radius 3 is 2.52 bits per heavy atom. The number of rotatable bonds is 3. The van der Waals surface area contributed by atoms with Crippen LogP contribution in [-0.2, 0) is 0 Å². The number of hydrogen-bond acceptors (Lipinski definition) is 2. The molecule has 1 saturated heterocycles. The first kappa shape index (κ1) is 16.0. The maximum atomic E-state index is 11.5. The van der Waals surface area contributed by atoms with E-state index in [0.717, 1.165) is 46.6 Å². The van der Waals surface area contributed by atoms with Crippen LogP contribution in [0.3, 0.4) is 0 Å². The van der Waals surface area contributed by atoms with Gasteiger partial charge in [0.05, 0.1) is 5.56 Å². The normalized spacial score (nSPS) is 17.2. The van der Waals surface area contributed by atoms with E-state index in [9.17, 15) is 9.90 Å². The molecule has 0 amide bonds. The number of fused-ring (bicyclic) bond motifs is 1. The van der Waals surface area contributed by atoms with Crippen molar-refractivity contribution < 1.29 is 9.90 Å². The highest BCUT2D eigenvalue weighted by atomic mass is 35.5. The maximum absolute atomic E-state index is 11.5. The second-order valence-corrected chi connectivity index (χ2v) is 6.84. The van der Waals surface area contributed by atoms with Gasteiger partial charge in [0.25, 0.3) is 0 Å². The van der Waals surface area contributed by atoms with Crippen molar-refractivity contribution in [2.24, 2.45) is 0 Å². The first-order valence-corrected chi connectivity index (χ1v) is 8.77. The summed E-state index contributed by atoms with van der Waals surface area (Å²) in [6, 6.07) is 19.5. The van der Waals surface area contributed by atoms with Crippen LogP contribution < -0.4 is 4.90 Å². The Morgan fingerprint density at radius 2 is 1.72 bits per heavy atom. The Balaban J connectivity index is 1.68. The summed E-state index contributed by atoms with van der Waals surface area (Å²) in [4.78, 5) is 13.8. The van der Waals surface area contributed by atoms with E-state index < -0.39 is 5.97 Å². The summed E-state index contributed by atoms with van der Waals surface area (Å²) < 4.78 is 0. The average Bonchev–Trinajstić information content (AvgIpc) is 3.12. The molecule has 3 aromatic rings. The molecule has 0 aliphatic carbocycles. The fourth-order valence-electron chi connectivity index (χ4n) is 3.80. The van der Waals surface area contributed by atoms with E-state index in [1.807, 2.05) is 36.4 Å². The molecule has 3 nitrogen and oxygen atoms in total. The lowest BCUT2D eigenvalue weighted by atomic mass is 9.93. The number of anilines is 1. The van der Waals surface area contributed by atoms with Gasteiger partial charge in [0.1, 0.15) is 0 Å². The average molecular weight is 352 g/mol. The molecule has 0 saturated carbocycles. The van der Waals surface area contributed by atoms with Crippen LogP contribution in [0.4, 0.5) is 5.69 Å². The maximum Gasteiger partial charge on any atom is 0.335 e. The van der Waals surface area contributed by atoms with Crippen molar-refractivity contribution in [2.45, 2.75) is 12.3 Å². The van der Waals surface area contributed by atoms with Crippen LogP contribution in [0.2, 0.25) is 5.02 Å². The molecule has 1 aliphatic rings. The molecule has 0 aromatic heterocycles. The van der Waals surface area contributed by atoms with Gasteiger partial charge in [-0.15, -0.1) is 0 Å². The zero-order chi connectivity index (χ0) is 17.4. The number of halogens is 1. The molecule has 1 heterocycles. The van der Waals surface area contributed by atoms with Crippen molar-refractivity contribution >= 4 is 34.0 Å². The predicted octanol–water partition coefficient (Wildman–Crippen LogP) is 5.19. The topological polar surface area (TPSA) is 40.5 Å². The van der Waals surface area contributed by atoms with Gasteiger partial charge in [-0.05, 0) is 30.2 Å². The fourth-order valence-corrected chi connectivity index (χ4v) is 4.03. The third-order valence-corrected chi connectivity index (χ3v) is 5.34. The molecular formula is C21H18ClNO2. The number of nitrogens with zero attached hydrogens (tertiary/aromatic N) is 1. The number of carboxylic acids is 1. The number of carbonyl (C=O) groups is 1. The van der Waals surface area contributed by atoms with Gasteiger partial charge in [-0.1, -0.05) is 54.1 Å². The van der Waals surface area contributed by atoms with Gasteiger partial charge in [-0.25, -0.2) is 4.79 Å². The van der Waals surface area contributed by atoms with Crippen molar-refractivity contribution in [1.82, 2.24) is 0 Å². The van der Waals surface area contributed by atoms with Crippen LogP contribution in [0.25, 0.3) is 10.8 Å². The highest BCUT2D eigenvalue weighted by molar-refractivity contribution is 6.36. The van der Waals surface area contributed by atoms with Crippen molar-refractivity contribution in [3.8, 4) is 0 Å². The standard InChI is InChI=1S/C21H18ClNO2/c22-19-9-10-20(17-7-3-2-6-16(17)19)23-12-11-14(13-23)15-5-1-4-8-18(15)21(24)25/h1-10,14H,11-13H2,(H,24,25). The third kappa shape index (κ3) is 2.85. The van der Waals surface area contributed by atoms with Gasteiger partial charge in [-0.3, -0.25) is 0 Å². The molecule has 0 bridgehead atoms. The van der Waals surface area contributed by atoms with Gasteiger partial charge in [0.15, 0.2) is 0 Å². The van der Waals surface area contributed by atoms with Gasteiger partial charge in [0, 0.05) is 40.5 Å². The summed E-state index contributed by atoms with van der Waals surface area (Å²) in [6.45, 7) is 1.72. The van der Waals surface area contributed by atoms with E-state index in [1.165, 1.54) is 0 Å². The van der Waals surface area contributed by atoms with Crippen LogP contribution in [-0.4, -0.2) is 24.2 Å². The summed E-state index contributed by atoms with van der Waals surface area (Å²) in [5, 5.41) is 12.4. The zero-order valence-corrected chi connectivity index (χ0v) is 14.4. The highest BCUT2D eigenvalue weighted by Gasteiger charge is 2.28. The Bertz CT molecular complexity index is 954. The van der Waals surface area contributed by atoms with E-state index in [4.69, 9.17) is 11.6 Å². The summed E-state index contributed by atoms with van der Waals surface area (Å²) in [5.74, 6) is -0.632. The van der Waals surface area contributed by atoms with Crippen molar-refractivity contribution in [3.63, 3.8) is 0 Å². The monoisotopic (exact) mass is 351 g/mol. The molecule has 4 rings (SSSR count). The number of aromatic carboxylic acids is 1. The molecule has 1 N–H and O–H groups in total. The molecule has 1 unspecified atom stereocenters. The van der Waals surface area contributed by atoms with E-state index in [2.05, 4.69) is 17.0 Å². The first-order valence-electron chi connectivity index (χ1n) is 8.39. The van der Waals surface area contributed by atoms with Gasteiger partial charge < -0.3 is 10.0 Å². The zero-order valence-electron chi connectivity index (χ0n) is 13.7. The van der Waals surface area contributed by atoms with E-state index in [-0.39, 0.29) is 5.92 Å². The van der Waals surface area contributed by atoms with Crippen molar-refractivity contribution in [1.29, 1.82) is 0 Å². The molecule has 25 heavy (non-hydrogen) atoms. The molecule has 3 aromatic carbocycles. The van der Waals surface area contributed by atoms with E-state index in [1.54, 1.807) is 12.1 Å². The SMILES string of the molecule is O=C(O)c1ccccc1C1CCN(c2ccc(Cl)c3ccccc23)C1. The Morgan fingerprint density at radius 1 is 1.00 bits per heavy atom. The molecule has 1 aliphatic heterocycles. The van der Waals surface area contributed by atoms with E-state index in [0.29, 0.717) is 5.56 Å². The second kappa shape index (κ2) is 6.41. The van der Waals surface area contributed by atoms with Crippen molar-refractivity contribution in [2.75, 3.05) is 18.0 Å². The van der Waals surface area contributed by atoms with Gasteiger partial charge in [-0.2, -0.15) is 0 Å². The molecular weight excluding hydrogens is 334 g/mol. The Kier molecular flexibility index (Phi) is 4.10. The molecule has 0 spiro atoms. The second-order valence-electron chi connectivity index (χ2n) is 6.44. The summed E-state index contributed by atoms with van der Waals surface area (Å²) in [6.07, 6.45) is 0.946. The minimum absolute atomic E-state index is 0.224. The largest absolute Gasteiger partial charge is 0.478 e. The number of benzene rings is 3.